The number of benzene rings is 2. The van der Waals surface area contributed by atoms with Gasteiger partial charge in [-0.2, -0.15) is 18.3 Å². The first kappa shape index (κ1) is 19.8. The summed E-state index contributed by atoms with van der Waals surface area (Å²) < 4.78 is 53.9. The number of aromatic nitrogens is 2. The van der Waals surface area contributed by atoms with E-state index < -0.39 is 23.5 Å². The third kappa shape index (κ3) is 4.15. The van der Waals surface area contributed by atoms with Crippen LogP contribution in [0.1, 0.15) is 16.8 Å². The molecule has 0 spiro atoms. The van der Waals surface area contributed by atoms with Gasteiger partial charge in [-0.3, -0.25) is 14.9 Å². The topological polar surface area (TPSA) is 72.9 Å². The van der Waals surface area contributed by atoms with Gasteiger partial charge in [-0.1, -0.05) is 17.7 Å². The summed E-state index contributed by atoms with van der Waals surface area (Å²) in [5, 5.41) is 4.62. The van der Waals surface area contributed by atoms with Gasteiger partial charge in [-0.05, 0) is 42.0 Å². The number of hydrazine groups is 1. The van der Waals surface area contributed by atoms with Crippen LogP contribution in [-0.2, 0) is 17.5 Å². The molecule has 3 aromatic rings. The number of nitrogens with zero attached hydrogens (tertiary/aromatic N) is 2. The minimum Gasteiger partial charge on any atom is -0.291 e. The van der Waals surface area contributed by atoms with E-state index in [2.05, 4.69) is 5.10 Å². The maximum atomic E-state index is 13.2. The largest absolute Gasteiger partial charge is 0.416 e. The van der Waals surface area contributed by atoms with E-state index in [9.17, 15) is 22.4 Å². The van der Waals surface area contributed by atoms with Crippen LogP contribution >= 0.6 is 11.6 Å². The number of carbonyl (C=O) groups excluding carboxylic acids is 1. The molecule has 0 aliphatic rings. The van der Waals surface area contributed by atoms with E-state index >= 15 is 0 Å². The Balaban J connectivity index is 2.12. The summed E-state index contributed by atoms with van der Waals surface area (Å²) in [6.07, 6.45) is -2.23. The minimum absolute atomic E-state index is 0.0951. The van der Waals surface area contributed by atoms with Gasteiger partial charge < -0.3 is 0 Å². The molecule has 10 heteroatoms. The summed E-state index contributed by atoms with van der Waals surface area (Å²) in [5.41, 5.74) is 2.10. The molecule has 5 nitrogen and oxygen atoms in total. The Morgan fingerprint density at radius 3 is 2.64 bits per heavy atom. The van der Waals surface area contributed by atoms with Crippen molar-refractivity contribution < 1.29 is 22.4 Å². The number of amides is 1. The summed E-state index contributed by atoms with van der Waals surface area (Å²) in [6.45, 7) is 0.0951. The fourth-order valence-corrected chi connectivity index (χ4v) is 2.87. The summed E-state index contributed by atoms with van der Waals surface area (Å²) in [6, 6.07) is 6.99. The lowest BCUT2D eigenvalue weighted by atomic mass is 10.1. The number of hydrogen-bond donors (Lipinski definition) is 2. The van der Waals surface area contributed by atoms with Crippen LogP contribution in [0.25, 0.3) is 17.0 Å². The Bertz CT molecular complexity index is 1080. The monoisotopic (exact) mass is 412 g/mol. The van der Waals surface area contributed by atoms with Gasteiger partial charge in [-0.15, -0.1) is 0 Å². The van der Waals surface area contributed by atoms with Gasteiger partial charge in [0.05, 0.1) is 23.3 Å². The van der Waals surface area contributed by atoms with Crippen molar-refractivity contribution in [3.8, 4) is 0 Å². The van der Waals surface area contributed by atoms with Crippen molar-refractivity contribution in [2.24, 2.45) is 5.84 Å². The lowest BCUT2D eigenvalue weighted by Gasteiger charge is -2.08. The van der Waals surface area contributed by atoms with E-state index in [0.29, 0.717) is 11.1 Å². The first-order valence-corrected chi connectivity index (χ1v) is 8.27. The molecule has 0 radical (unpaired) electrons. The maximum absolute atomic E-state index is 13.2. The first-order valence-electron chi connectivity index (χ1n) is 7.89. The van der Waals surface area contributed by atoms with Gasteiger partial charge in [0.25, 0.3) is 5.91 Å². The zero-order valence-corrected chi connectivity index (χ0v) is 14.9. The van der Waals surface area contributed by atoms with Gasteiger partial charge in [0.2, 0.25) is 0 Å². The molecule has 0 atom stereocenters. The smallest absolute Gasteiger partial charge is 0.291 e. The van der Waals surface area contributed by atoms with Crippen molar-refractivity contribution in [2.75, 3.05) is 0 Å². The lowest BCUT2D eigenvalue weighted by molar-refractivity contribution is -0.137. The van der Waals surface area contributed by atoms with Crippen LogP contribution in [0, 0.1) is 5.82 Å². The highest BCUT2D eigenvalue weighted by Gasteiger charge is 2.31. The maximum Gasteiger partial charge on any atom is 0.416 e. The average Bonchev–Trinajstić information content (AvgIpc) is 2.98. The molecule has 0 saturated heterocycles. The highest BCUT2D eigenvalue weighted by atomic mass is 35.5. The highest BCUT2D eigenvalue weighted by molar-refractivity contribution is 6.31. The number of carbonyl (C=O) groups is 1. The lowest BCUT2D eigenvalue weighted by Crippen LogP contribution is -2.27. The zero-order chi connectivity index (χ0) is 20.5. The van der Waals surface area contributed by atoms with Crippen molar-refractivity contribution in [3.05, 3.63) is 70.1 Å². The Morgan fingerprint density at radius 1 is 1.25 bits per heavy atom. The quantitative estimate of drug-likeness (QED) is 0.224. The third-order valence-electron chi connectivity index (χ3n) is 3.98. The van der Waals surface area contributed by atoms with E-state index in [-0.39, 0.29) is 22.6 Å². The molecule has 3 rings (SSSR count). The highest BCUT2D eigenvalue weighted by Crippen LogP contribution is 2.33. The molecule has 0 saturated carbocycles. The van der Waals surface area contributed by atoms with Crippen molar-refractivity contribution >= 4 is 34.5 Å². The van der Waals surface area contributed by atoms with Crippen LogP contribution in [-0.4, -0.2) is 15.7 Å². The van der Waals surface area contributed by atoms with E-state index in [1.54, 1.807) is 0 Å². The van der Waals surface area contributed by atoms with Crippen molar-refractivity contribution in [2.45, 2.75) is 12.7 Å². The van der Waals surface area contributed by atoms with Gasteiger partial charge >= 0.3 is 6.18 Å². The zero-order valence-electron chi connectivity index (χ0n) is 14.1. The fraction of sp³-hybridized carbons (Fsp3) is 0.111. The Morgan fingerprint density at radius 2 is 2.00 bits per heavy atom. The molecule has 0 aliphatic heterocycles. The fourth-order valence-electron chi connectivity index (χ4n) is 2.64. The first-order chi connectivity index (χ1) is 13.2. The molecule has 0 fully saturated rings. The molecular formula is C18H13ClF4N4O. The predicted octanol–water partition coefficient (Wildman–Crippen LogP) is 3.90. The molecule has 0 aliphatic carbocycles. The summed E-state index contributed by atoms with van der Waals surface area (Å²) in [7, 11) is 0. The number of fused-ring (bicyclic) bond motifs is 1. The number of nitrogens with two attached hydrogens (primary N) is 1. The molecule has 3 N–H and O–H groups in total. The van der Waals surface area contributed by atoms with E-state index in [0.717, 1.165) is 24.3 Å². The summed E-state index contributed by atoms with van der Waals surface area (Å²) >= 11 is 6.03. The molecule has 0 bridgehead atoms. The molecular weight excluding hydrogens is 400 g/mol. The molecule has 146 valence electrons. The number of rotatable bonds is 4. The third-order valence-corrected chi connectivity index (χ3v) is 4.33. The van der Waals surface area contributed by atoms with Gasteiger partial charge in [0.1, 0.15) is 5.82 Å². The molecule has 0 unspecified atom stereocenters. The van der Waals surface area contributed by atoms with Crippen LogP contribution in [0.2, 0.25) is 5.02 Å². The predicted molar refractivity (Wildman–Crippen MR) is 96.6 cm³/mol. The minimum atomic E-state index is -4.54. The normalized spacial score (nSPS) is 12.1. The molecule has 28 heavy (non-hydrogen) atoms. The number of hydrogen-bond acceptors (Lipinski definition) is 3. The number of alkyl halides is 3. The second-order valence-corrected chi connectivity index (χ2v) is 6.26. The number of halogens is 5. The Kier molecular flexibility index (Phi) is 5.39. The standard InChI is InChI=1S/C18H13ClF4N4O/c19-14-8-12(20)3-1-10(14)9-27-16-5-2-11(18(21,22)23)7-13(16)15(26-27)4-6-17(28)25-24/h1-8H,9,24H2,(H,25,28)/b6-4+. The van der Waals surface area contributed by atoms with E-state index in [4.69, 9.17) is 17.4 Å². The van der Waals surface area contributed by atoms with E-state index in [1.165, 1.54) is 29.0 Å². The number of nitrogens with one attached hydrogen (secondary N) is 1. The van der Waals surface area contributed by atoms with E-state index in [1.807, 2.05) is 5.43 Å². The average molecular weight is 413 g/mol. The van der Waals surface area contributed by atoms with Gasteiger partial charge in [-0.25, -0.2) is 10.2 Å². The Hall–Kier alpha value is -2.91. The van der Waals surface area contributed by atoms with Crippen LogP contribution in [0.5, 0.6) is 0 Å². The van der Waals surface area contributed by atoms with Crippen molar-refractivity contribution in [3.63, 3.8) is 0 Å². The van der Waals surface area contributed by atoms with Crippen LogP contribution in [0.15, 0.2) is 42.5 Å². The van der Waals surface area contributed by atoms with Gasteiger partial charge in [0, 0.05) is 16.5 Å². The van der Waals surface area contributed by atoms with Crippen molar-refractivity contribution in [1.82, 2.24) is 15.2 Å². The molecule has 1 heterocycles. The van der Waals surface area contributed by atoms with Gasteiger partial charge in [0.15, 0.2) is 0 Å². The molecule has 1 amide bonds. The van der Waals surface area contributed by atoms with Crippen molar-refractivity contribution in [1.29, 1.82) is 0 Å². The summed E-state index contributed by atoms with van der Waals surface area (Å²) in [4.78, 5) is 11.3. The molecule has 1 aromatic heterocycles. The van der Waals surface area contributed by atoms with Crippen LogP contribution < -0.4 is 11.3 Å². The Labute approximate surface area is 161 Å². The second kappa shape index (κ2) is 7.61. The summed E-state index contributed by atoms with van der Waals surface area (Å²) in [5.74, 6) is 3.84. The SMILES string of the molecule is NNC(=O)/C=C/c1nn(Cc2ccc(F)cc2Cl)c2ccc(C(F)(F)F)cc12. The van der Waals surface area contributed by atoms with Crippen LogP contribution in [0.4, 0.5) is 17.6 Å². The second-order valence-electron chi connectivity index (χ2n) is 5.85. The molecule has 2 aromatic carbocycles. The van der Waals surface area contributed by atoms with Crippen LogP contribution in [0.3, 0.4) is 0 Å².